The van der Waals surface area contributed by atoms with Crippen molar-refractivity contribution < 1.29 is 9.94 Å². The molecule has 1 aliphatic carbocycles. The number of nitrogen functional groups attached to an aromatic ring is 1. The summed E-state index contributed by atoms with van der Waals surface area (Å²) in [5, 5.41) is 13.0. The van der Waals surface area contributed by atoms with Crippen LogP contribution in [-0.4, -0.2) is 28.0 Å². The third-order valence-corrected chi connectivity index (χ3v) is 3.93. The van der Waals surface area contributed by atoms with Crippen molar-refractivity contribution in [1.82, 2.24) is 9.97 Å². The van der Waals surface area contributed by atoms with Gasteiger partial charge in [-0.15, -0.1) is 0 Å². The predicted molar refractivity (Wildman–Crippen MR) is 79.8 cm³/mol. The highest BCUT2D eigenvalue weighted by Crippen LogP contribution is 2.44. The summed E-state index contributed by atoms with van der Waals surface area (Å²) in [7, 11) is 1.60. The number of methoxy groups -OCH3 is 1. The molecule has 3 rings (SSSR count). The van der Waals surface area contributed by atoms with Gasteiger partial charge in [0.25, 0.3) is 0 Å². The van der Waals surface area contributed by atoms with E-state index >= 15 is 0 Å². The maximum atomic E-state index is 9.52. The molecule has 1 heterocycles. The predicted octanol–water partition coefficient (Wildman–Crippen LogP) is 2.20. The zero-order valence-electron chi connectivity index (χ0n) is 12.1. The molecule has 1 aliphatic rings. The Morgan fingerprint density at radius 2 is 2.00 bits per heavy atom. The molecule has 3 N–H and O–H groups in total. The standard InChI is InChI=1S/C15H16N4O2/c1-15(2)11-12(17-7-18-14(11)16)9-5-4-8(21-3)6-10(9)13(15)19-20/h4-7,20H,1-3H3,(H2,16,17,18)/b19-13+. The SMILES string of the molecule is COc1ccc2c(c1)/C(=N\O)C(C)(C)c1c(N)ncnc1-2. The number of fused-ring (bicyclic) bond motifs is 3. The summed E-state index contributed by atoms with van der Waals surface area (Å²) < 4.78 is 5.26. The third kappa shape index (κ3) is 1.75. The van der Waals surface area contributed by atoms with Crippen LogP contribution >= 0.6 is 0 Å². The Bertz CT molecular complexity index is 753. The Morgan fingerprint density at radius 3 is 2.67 bits per heavy atom. The van der Waals surface area contributed by atoms with Crippen molar-refractivity contribution in [2.24, 2.45) is 5.16 Å². The lowest BCUT2D eigenvalue weighted by Gasteiger charge is -2.34. The van der Waals surface area contributed by atoms with E-state index in [1.165, 1.54) is 6.33 Å². The Morgan fingerprint density at radius 1 is 1.24 bits per heavy atom. The van der Waals surface area contributed by atoms with E-state index < -0.39 is 5.41 Å². The fourth-order valence-electron chi connectivity index (χ4n) is 2.91. The first-order valence-corrected chi connectivity index (χ1v) is 6.53. The lowest BCUT2D eigenvalue weighted by atomic mass is 9.70. The average molecular weight is 284 g/mol. The van der Waals surface area contributed by atoms with Gasteiger partial charge < -0.3 is 15.7 Å². The van der Waals surface area contributed by atoms with Crippen LogP contribution in [0.25, 0.3) is 11.3 Å². The smallest absolute Gasteiger partial charge is 0.131 e. The lowest BCUT2D eigenvalue weighted by Crippen LogP contribution is -2.36. The van der Waals surface area contributed by atoms with Gasteiger partial charge in [-0.1, -0.05) is 5.16 Å². The third-order valence-electron chi connectivity index (χ3n) is 3.93. The second-order valence-corrected chi connectivity index (χ2v) is 5.47. The maximum absolute atomic E-state index is 9.52. The fraction of sp³-hybridized carbons (Fsp3) is 0.267. The molecule has 0 saturated heterocycles. The molecular weight excluding hydrogens is 268 g/mol. The molecule has 0 amide bonds. The van der Waals surface area contributed by atoms with E-state index in [2.05, 4.69) is 15.1 Å². The molecule has 0 fully saturated rings. The first kappa shape index (κ1) is 13.4. The molecule has 6 nitrogen and oxygen atoms in total. The highest BCUT2D eigenvalue weighted by molar-refractivity contribution is 6.15. The van der Waals surface area contributed by atoms with Crippen LogP contribution in [0, 0.1) is 0 Å². The Balaban J connectivity index is 2.42. The molecule has 1 aromatic carbocycles. The summed E-state index contributed by atoms with van der Waals surface area (Å²) in [5.41, 5.74) is 9.12. The molecule has 108 valence electrons. The molecule has 1 aromatic heterocycles. The van der Waals surface area contributed by atoms with Gasteiger partial charge in [-0.05, 0) is 32.0 Å². The number of hydrogen-bond donors (Lipinski definition) is 2. The van der Waals surface area contributed by atoms with Gasteiger partial charge in [-0.2, -0.15) is 0 Å². The second-order valence-electron chi connectivity index (χ2n) is 5.47. The fourth-order valence-corrected chi connectivity index (χ4v) is 2.91. The van der Waals surface area contributed by atoms with Crippen LogP contribution in [0.5, 0.6) is 5.75 Å². The van der Waals surface area contributed by atoms with Crippen molar-refractivity contribution in [2.45, 2.75) is 19.3 Å². The number of nitrogens with two attached hydrogens (primary N) is 1. The van der Waals surface area contributed by atoms with Crippen LogP contribution in [0.15, 0.2) is 29.7 Å². The van der Waals surface area contributed by atoms with E-state index in [4.69, 9.17) is 10.5 Å². The van der Waals surface area contributed by atoms with E-state index in [0.717, 1.165) is 22.4 Å². The van der Waals surface area contributed by atoms with Gasteiger partial charge in [0.2, 0.25) is 0 Å². The second kappa shape index (κ2) is 4.44. The molecule has 0 spiro atoms. The minimum absolute atomic E-state index is 0.396. The van der Waals surface area contributed by atoms with Gasteiger partial charge in [-0.25, -0.2) is 9.97 Å². The molecule has 2 aromatic rings. The zero-order valence-corrected chi connectivity index (χ0v) is 12.1. The normalized spacial score (nSPS) is 17.2. The molecule has 0 atom stereocenters. The maximum Gasteiger partial charge on any atom is 0.131 e. The van der Waals surface area contributed by atoms with Gasteiger partial charge in [-0.3, -0.25) is 0 Å². The van der Waals surface area contributed by atoms with Crippen molar-refractivity contribution in [2.75, 3.05) is 12.8 Å². The van der Waals surface area contributed by atoms with Crippen LogP contribution < -0.4 is 10.5 Å². The summed E-state index contributed by atoms with van der Waals surface area (Å²) in [5.74, 6) is 1.09. The number of rotatable bonds is 1. The molecule has 0 bridgehead atoms. The summed E-state index contributed by atoms with van der Waals surface area (Å²) in [4.78, 5) is 8.44. The summed E-state index contributed by atoms with van der Waals surface area (Å²) in [6.07, 6.45) is 1.44. The molecular formula is C15H16N4O2. The van der Waals surface area contributed by atoms with E-state index in [-0.39, 0.29) is 0 Å². The van der Waals surface area contributed by atoms with Gasteiger partial charge in [0.15, 0.2) is 0 Å². The molecule has 0 unspecified atom stereocenters. The zero-order chi connectivity index (χ0) is 15.2. The number of benzene rings is 1. The van der Waals surface area contributed by atoms with Crippen molar-refractivity contribution in [1.29, 1.82) is 0 Å². The molecule has 21 heavy (non-hydrogen) atoms. The molecule has 0 saturated carbocycles. The number of hydrogen-bond acceptors (Lipinski definition) is 6. The number of aromatic nitrogens is 2. The summed E-state index contributed by atoms with van der Waals surface area (Å²) in [6, 6.07) is 5.57. The van der Waals surface area contributed by atoms with Crippen molar-refractivity contribution in [3.63, 3.8) is 0 Å². The van der Waals surface area contributed by atoms with Gasteiger partial charge in [0.05, 0.1) is 18.5 Å². The van der Waals surface area contributed by atoms with E-state index in [0.29, 0.717) is 17.3 Å². The highest BCUT2D eigenvalue weighted by Gasteiger charge is 2.40. The van der Waals surface area contributed by atoms with Gasteiger partial charge in [0.1, 0.15) is 17.9 Å². The number of anilines is 1. The minimum atomic E-state index is -0.602. The average Bonchev–Trinajstić information content (AvgIpc) is 2.46. The van der Waals surface area contributed by atoms with Crippen LogP contribution in [0.4, 0.5) is 5.82 Å². The lowest BCUT2D eigenvalue weighted by molar-refractivity contribution is 0.314. The van der Waals surface area contributed by atoms with Crippen molar-refractivity contribution in [3.05, 3.63) is 35.7 Å². The molecule has 0 aliphatic heterocycles. The van der Waals surface area contributed by atoms with Crippen molar-refractivity contribution in [3.8, 4) is 17.0 Å². The summed E-state index contributed by atoms with van der Waals surface area (Å²) >= 11 is 0. The first-order valence-electron chi connectivity index (χ1n) is 6.53. The van der Waals surface area contributed by atoms with E-state index in [9.17, 15) is 5.21 Å². The number of ether oxygens (including phenoxy) is 1. The van der Waals surface area contributed by atoms with E-state index in [1.807, 2.05) is 32.0 Å². The first-order chi connectivity index (χ1) is 10.0. The van der Waals surface area contributed by atoms with Gasteiger partial charge >= 0.3 is 0 Å². The summed E-state index contributed by atoms with van der Waals surface area (Å²) in [6.45, 7) is 3.87. The topological polar surface area (TPSA) is 93.6 Å². The van der Waals surface area contributed by atoms with E-state index in [1.54, 1.807) is 7.11 Å². The van der Waals surface area contributed by atoms with Crippen LogP contribution in [0.2, 0.25) is 0 Å². The van der Waals surface area contributed by atoms with Crippen LogP contribution in [-0.2, 0) is 5.41 Å². The Kier molecular flexibility index (Phi) is 2.83. The van der Waals surface area contributed by atoms with Crippen LogP contribution in [0.1, 0.15) is 25.0 Å². The van der Waals surface area contributed by atoms with Crippen LogP contribution in [0.3, 0.4) is 0 Å². The number of oxime groups is 1. The quantitative estimate of drug-likeness (QED) is 0.618. The Labute approximate surface area is 122 Å². The van der Waals surface area contributed by atoms with Crippen molar-refractivity contribution >= 4 is 11.5 Å². The monoisotopic (exact) mass is 284 g/mol. The molecule has 6 heteroatoms. The highest BCUT2D eigenvalue weighted by atomic mass is 16.5. The largest absolute Gasteiger partial charge is 0.497 e. The molecule has 0 radical (unpaired) electrons. The van der Waals surface area contributed by atoms with Gasteiger partial charge in [0, 0.05) is 22.1 Å². The minimum Gasteiger partial charge on any atom is -0.497 e. The number of nitrogens with zero attached hydrogens (tertiary/aromatic N) is 3. The Hall–Kier alpha value is -2.63.